The molecule has 7 heteroatoms. The summed E-state index contributed by atoms with van der Waals surface area (Å²) in [7, 11) is 0. The molecule has 0 aliphatic heterocycles. The Hall–Kier alpha value is -1.34. The molecule has 0 bridgehead atoms. The number of hydrogen-bond donors (Lipinski definition) is 2. The monoisotopic (exact) mass is 330 g/mol. The third-order valence-corrected chi connectivity index (χ3v) is 4.24. The maximum absolute atomic E-state index is 11.7. The van der Waals surface area contributed by atoms with Crippen molar-refractivity contribution < 1.29 is 5.11 Å². The molecule has 2 aromatic rings. The summed E-state index contributed by atoms with van der Waals surface area (Å²) in [5, 5.41) is 11.8. The van der Waals surface area contributed by atoms with Crippen LogP contribution in [0.25, 0.3) is 0 Å². The fraction of sp³-hybridized carbons (Fsp3) is 0.273. The van der Waals surface area contributed by atoms with Crippen molar-refractivity contribution in [1.82, 2.24) is 9.55 Å². The van der Waals surface area contributed by atoms with Gasteiger partial charge in [-0.3, -0.25) is 14.3 Å². The van der Waals surface area contributed by atoms with Crippen LogP contribution >= 0.6 is 27.3 Å². The number of nitrogens with one attached hydrogen (secondary N) is 1. The minimum Gasteiger partial charge on any atom is -0.494 e. The average Bonchev–Trinajstić information content (AvgIpc) is 2.70. The van der Waals surface area contributed by atoms with Gasteiger partial charge in [0.15, 0.2) is 0 Å². The van der Waals surface area contributed by atoms with Crippen molar-refractivity contribution in [3.05, 3.63) is 47.2 Å². The highest BCUT2D eigenvalue weighted by molar-refractivity contribution is 9.10. The number of nitrogens with zero attached hydrogens (tertiary/aromatic N) is 1. The molecule has 2 N–H and O–H groups in total. The van der Waals surface area contributed by atoms with Gasteiger partial charge in [-0.2, -0.15) is 0 Å². The zero-order valence-corrected chi connectivity index (χ0v) is 12.0. The largest absolute Gasteiger partial charge is 0.494 e. The summed E-state index contributed by atoms with van der Waals surface area (Å²) in [6.07, 6.45) is 0.371. The van der Waals surface area contributed by atoms with E-state index in [-0.39, 0.29) is 18.0 Å². The zero-order chi connectivity index (χ0) is 13.3. The van der Waals surface area contributed by atoms with E-state index in [0.717, 1.165) is 9.35 Å². The summed E-state index contributed by atoms with van der Waals surface area (Å²) in [6, 6.07) is 1.87. The highest BCUT2D eigenvalue weighted by Crippen LogP contribution is 2.21. The standard InChI is InChI=1S/C11H11BrN2O3S/c1-2-8-9(15)13-11(17)14(10(8)16)4-7-3-6(12)5-18-7/h3,5,16H,2,4H2,1H3,(H,13,15,17). The molecule has 0 spiro atoms. The van der Waals surface area contributed by atoms with Crippen molar-refractivity contribution in [2.45, 2.75) is 19.9 Å². The molecule has 96 valence electrons. The zero-order valence-electron chi connectivity index (χ0n) is 9.57. The summed E-state index contributed by atoms with van der Waals surface area (Å²) in [6.45, 7) is 1.99. The second-order valence-corrected chi connectivity index (χ2v) is 5.64. The quantitative estimate of drug-likeness (QED) is 0.899. The first-order valence-corrected chi connectivity index (χ1v) is 6.98. The number of aromatic nitrogens is 2. The van der Waals surface area contributed by atoms with E-state index in [4.69, 9.17) is 0 Å². The Kier molecular flexibility index (Phi) is 3.72. The third-order valence-electron chi connectivity index (χ3n) is 2.55. The number of halogens is 1. The Morgan fingerprint density at radius 3 is 2.78 bits per heavy atom. The SMILES string of the molecule is CCc1c(O)n(Cc2cc(Br)cs2)c(=O)[nH]c1=O. The van der Waals surface area contributed by atoms with Gasteiger partial charge in [-0.15, -0.1) is 11.3 Å². The molecule has 0 saturated heterocycles. The molecule has 0 fully saturated rings. The average molecular weight is 331 g/mol. The van der Waals surface area contributed by atoms with Crippen LogP contribution in [0.3, 0.4) is 0 Å². The topological polar surface area (TPSA) is 75.1 Å². The first-order chi connectivity index (χ1) is 8.52. The van der Waals surface area contributed by atoms with Gasteiger partial charge in [0.25, 0.3) is 5.56 Å². The van der Waals surface area contributed by atoms with Gasteiger partial charge in [-0.05, 0) is 28.4 Å². The fourth-order valence-corrected chi connectivity index (χ4v) is 3.10. The van der Waals surface area contributed by atoms with Crippen molar-refractivity contribution in [2.24, 2.45) is 0 Å². The molecule has 0 saturated carbocycles. The normalized spacial score (nSPS) is 10.8. The van der Waals surface area contributed by atoms with Crippen LogP contribution in [0.5, 0.6) is 5.88 Å². The van der Waals surface area contributed by atoms with Crippen molar-refractivity contribution in [2.75, 3.05) is 0 Å². The van der Waals surface area contributed by atoms with Crippen LogP contribution in [-0.2, 0) is 13.0 Å². The Morgan fingerprint density at radius 1 is 1.50 bits per heavy atom. The highest BCUT2D eigenvalue weighted by atomic mass is 79.9. The molecule has 5 nitrogen and oxygen atoms in total. The second kappa shape index (κ2) is 5.11. The summed E-state index contributed by atoms with van der Waals surface area (Å²) >= 11 is 4.79. The van der Waals surface area contributed by atoms with Gasteiger partial charge in [0.05, 0.1) is 12.1 Å². The van der Waals surface area contributed by atoms with E-state index in [0.29, 0.717) is 6.42 Å². The van der Waals surface area contributed by atoms with Gasteiger partial charge in [0.1, 0.15) is 0 Å². The fourth-order valence-electron chi connectivity index (χ4n) is 1.66. The predicted octanol–water partition coefficient (Wildman–Crippen LogP) is 1.68. The molecule has 0 unspecified atom stereocenters. The maximum atomic E-state index is 11.7. The van der Waals surface area contributed by atoms with E-state index in [2.05, 4.69) is 20.9 Å². The van der Waals surface area contributed by atoms with Crippen molar-refractivity contribution in [1.29, 1.82) is 0 Å². The van der Waals surface area contributed by atoms with Crippen molar-refractivity contribution >= 4 is 27.3 Å². The lowest BCUT2D eigenvalue weighted by Gasteiger charge is -2.09. The summed E-state index contributed by atoms with van der Waals surface area (Å²) < 4.78 is 2.09. The number of H-pyrrole nitrogens is 1. The molecule has 0 aliphatic rings. The number of aromatic amines is 1. The molecule has 0 radical (unpaired) electrons. The van der Waals surface area contributed by atoms with Crippen LogP contribution < -0.4 is 11.2 Å². The van der Waals surface area contributed by atoms with Gasteiger partial charge >= 0.3 is 5.69 Å². The van der Waals surface area contributed by atoms with Gasteiger partial charge in [0, 0.05) is 14.7 Å². The summed E-state index contributed by atoms with van der Waals surface area (Å²) in [5.74, 6) is -0.254. The van der Waals surface area contributed by atoms with Crippen LogP contribution in [0.4, 0.5) is 0 Å². The molecule has 2 heterocycles. The predicted molar refractivity (Wildman–Crippen MR) is 73.5 cm³/mol. The molecule has 0 amide bonds. The molecule has 2 aromatic heterocycles. The maximum Gasteiger partial charge on any atom is 0.331 e. The molecule has 0 aliphatic carbocycles. The van der Waals surface area contributed by atoms with Crippen LogP contribution in [0.1, 0.15) is 17.4 Å². The van der Waals surface area contributed by atoms with Gasteiger partial charge in [-0.1, -0.05) is 6.92 Å². The van der Waals surface area contributed by atoms with Crippen LogP contribution in [0.2, 0.25) is 0 Å². The van der Waals surface area contributed by atoms with Crippen LogP contribution in [-0.4, -0.2) is 14.7 Å². The lowest BCUT2D eigenvalue weighted by atomic mass is 10.2. The summed E-state index contributed by atoms with van der Waals surface area (Å²) in [5.41, 5.74) is -0.895. The molecule has 18 heavy (non-hydrogen) atoms. The highest BCUT2D eigenvalue weighted by Gasteiger charge is 2.13. The summed E-state index contributed by atoms with van der Waals surface area (Å²) in [4.78, 5) is 26.3. The minimum absolute atomic E-state index is 0.227. The van der Waals surface area contributed by atoms with Crippen LogP contribution in [0.15, 0.2) is 25.5 Å². The van der Waals surface area contributed by atoms with Crippen molar-refractivity contribution in [3.63, 3.8) is 0 Å². The van der Waals surface area contributed by atoms with Crippen LogP contribution in [0, 0.1) is 0 Å². The molecule has 2 rings (SSSR count). The molecular weight excluding hydrogens is 320 g/mol. The number of aromatic hydroxyl groups is 1. The molecule has 0 atom stereocenters. The second-order valence-electron chi connectivity index (χ2n) is 3.73. The Bertz CT molecular complexity index is 686. The van der Waals surface area contributed by atoms with E-state index >= 15 is 0 Å². The Balaban J connectivity index is 2.51. The van der Waals surface area contributed by atoms with Gasteiger partial charge in [0.2, 0.25) is 5.88 Å². The van der Waals surface area contributed by atoms with E-state index in [1.807, 2.05) is 11.4 Å². The smallest absolute Gasteiger partial charge is 0.331 e. The molecule has 0 aromatic carbocycles. The number of rotatable bonds is 3. The first kappa shape index (κ1) is 13.1. The van der Waals surface area contributed by atoms with E-state index in [1.54, 1.807) is 6.92 Å². The van der Waals surface area contributed by atoms with Gasteiger partial charge in [-0.25, -0.2) is 4.79 Å². The lowest BCUT2D eigenvalue weighted by Crippen LogP contribution is -2.32. The number of thiophene rings is 1. The first-order valence-electron chi connectivity index (χ1n) is 5.30. The van der Waals surface area contributed by atoms with E-state index in [1.165, 1.54) is 15.9 Å². The Morgan fingerprint density at radius 2 is 2.22 bits per heavy atom. The Labute approximate surface area is 115 Å². The minimum atomic E-state index is -0.598. The number of hydrogen-bond acceptors (Lipinski definition) is 4. The molecular formula is C11H11BrN2O3S. The van der Waals surface area contributed by atoms with Gasteiger partial charge < -0.3 is 5.11 Å². The lowest BCUT2D eigenvalue weighted by molar-refractivity contribution is 0.402. The van der Waals surface area contributed by atoms with Crippen molar-refractivity contribution in [3.8, 4) is 5.88 Å². The van der Waals surface area contributed by atoms with E-state index in [9.17, 15) is 14.7 Å². The third kappa shape index (κ3) is 2.41. The van der Waals surface area contributed by atoms with E-state index < -0.39 is 11.2 Å².